The zero-order chi connectivity index (χ0) is 26.5. The molecule has 4 saturated carbocycles. The third-order valence-corrected chi connectivity index (χ3v) is 9.86. The summed E-state index contributed by atoms with van der Waals surface area (Å²) in [6.45, 7) is 5.96. The summed E-state index contributed by atoms with van der Waals surface area (Å²) in [5, 5.41) is 0. The van der Waals surface area contributed by atoms with Crippen molar-refractivity contribution in [3.63, 3.8) is 0 Å². The highest BCUT2D eigenvalue weighted by Crippen LogP contribution is 2.82. The molecule has 4 aliphatic rings. The van der Waals surface area contributed by atoms with Gasteiger partial charge < -0.3 is 14.2 Å². The molecule has 0 heterocycles. The highest BCUT2D eigenvalue weighted by Gasteiger charge is 2.87. The van der Waals surface area contributed by atoms with Gasteiger partial charge in [-0.1, -0.05) is 57.7 Å². The monoisotopic (exact) mass is 510 g/mol. The van der Waals surface area contributed by atoms with Gasteiger partial charge in [-0.15, -0.1) is 0 Å². The van der Waals surface area contributed by atoms with Gasteiger partial charge in [0.2, 0.25) is 0 Å². The number of carbonyl (C=O) groups is 4. The molecule has 4 aliphatic carbocycles. The van der Waals surface area contributed by atoms with Crippen molar-refractivity contribution in [3.05, 3.63) is 35.9 Å². The van der Waals surface area contributed by atoms with E-state index in [-0.39, 0.29) is 41.3 Å². The van der Waals surface area contributed by atoms with Gasteiger partial charge in [0.15, 0.2) is 11.9 Å². The summed E-state index contributed by atoms with van der Waals surface area (Å²) < 4.78 is 17.2. The molecule has 0 N–H and O–H groups in total. The van der Waals surface area contributed by atoms with Crippen LogP contribution in [0.1, 0.15) is 76.1 Å². The Morgan fingerprint density at radius 2 is 1.68 bits per heavy atom. The van der Waals surface area contributed by atoms with Crippen LogP contribution in [-0.2, 0) is 28.6 Å². The number of unbranched alkanes of at least 4 members (excludes halogenated alkanes) is 4. The van der Waals surface area contributed by atoms with Crippen molar-refractivity contribution >= 4 is 23.7 Å². The first-order valence-corrected chi connectivity index (χ1v) is 13.8. The van der Waals surface area contributed by atoms with Gasteiger partial charge >= 0.3 is 17.9 Å². The van der Waals surface area contributed by atoms with Crippen molar-refractivity contribution in [2.45, 2.75) is 77.9 Å². The number of fused-ring (bicyclic) bond motifs is 4. The molecule has 1 aromatic rings. The van der Waals surface area contributed by atoms with Crippen molar-refractivity contribution in [2.75, 3.05) is 7.11 Å². The molecule has 0 spiro atoms. The number of ketones is 1. The first-order chi connectivity index (χ1) is 17.7. The van der Waals surface area contributed by atoms with Crippen LogP contribution in [-0.4, -0.2) is 43.0 Å². The zero-order valence-electron chi connectivity index (χ0n) is 22.2. The van der Waals surface area contributed by atoms with E-state index in [1.165, 1.54) is 7.11 Å². The van der Waals surface area contributed by atoms with E-state index in [9.17, 15) is 19.2 Å². The molecular weight excluding hydrogens is 472 g/mol. The van der Waals surface area contributed by atoms with Gasteiger partial charge in [-0.2, -0.15) is 0 Å². The first kappa shape index (κ1) is 25.9. The van der Waals surface area contributed by atoms with Gasteiger partial charge in [0.05, 0.1) is 12.7 Å². The number of ether oxygens (including phenoxy) is 3. The van der Waals surface area contributed by atoms with E-state index < -0.39 is 35.0 Å². The van der Waals surface area contributed by atoms with E-state index in [2.05, 4.69) is 6.92 Å². The number of rotatable bonds is 10. The lowest BCUT2D eigenvalue weighted by Gasteiger charge is -2.40. The van der Waals surface area contributed by atoms with Crippen molar-refractivity contribution in [2.24, 2.45) is 40.4 Å². The Hall–Kier alpha value is -2.70. The molecule has 0 aliphatic heterocycles. The average Bonchev–Trinajstić information content (AvgIpc) is 3.46. The summed E-state index contributed by atoms with van der Waals surface area (Å²) in [7, 11) is 1.36. The molecule has 2 unspecified atom stereocenters. The minimum atomic E-state index is -1.00. The van der Waals surface area contributed by atoms with E-state index in [1.807, 2.05) is 19.9 Å². The maximum atomic E-state index is 13.4. The molecule has 0 saturated heterocycles. The lowest BCUT2D eigenvalue weighted by molar-refractivity contribution is -0.174. The molecule has 7 nitrogen and oxygen atoms in total. The Bertz CT molecular complexity index is 1080. The maximum absolute atomic E-state index is 13.4. The Morgan fingerprint density at radius 1 is 0.973 bits per heavy atom. The predicted molar refractivity (Wildman–Crippen MR) is 134 cm³/mol. The Balaban J connectivity index is 1.40. The summed E-state index contributed by atoms with van der Waals surface area (Å²) in [5.41, 5.74) is -1.31. The number of hydrogen-bond acceptors (Lipinski definition) is 7. The summed E-state index contributed by atoms with van der Waals surface area (Å²) in [5.74, 6) is -1.44. The second-order valence-electron chi connectivity index (χ2n) is 11.9. The van der Waals surface area contributed by atoms with Gasteiger partial charge in [0.25, 0.3) is 0 Å². The molecule has 0 amide bonds. The van der Waals surface area contributed by atoms with E-state index in [4.69, 9.17) is 14.2 Å². The van der Waals surface area contributed by atoms with Crippen LogP contribution < -0.4 is 0 Å². The van der Waals surface area contributed by atoms with Crippen molar-refractivity contribution in [1.29, 1.82) is 0 Å². The van der Waals surface area contributed by atoms with Gasteiger partial charge in [0, 0.05) is 23.7 Å². The average molecular weight is 511 g/mol. The Kier molecular flexibility index (Phi) is 6.70. The standard InChI is InChI=1S/C30H38O7/c1-5-6-7-8-12-15-19(31)36-25-22-18(16-29(25,2)28(34)35-4)20-21-23(20)30(22,3)26(24(21)32)37-27(33)17-13-10-9-11-14-17/h9-11,13-14,18,20-23,25-26H,5-8,12,15-16H2,1-4H3/t18-,20?,21?,22+,23+,25-,26-,29-,30+/m1/s1. The number of benzene rings is 1. The third-order valence-electron chi connectivity index (χ3n) is 9.86. The molecule has 4 fully saturated rings. The van der Waals surface area contributed by atoms with Crippen molar-refractivity contribution in [3.8, 4) is 0 Å². The molecule has 5 rings (SSSR count). The van der Waals surface area contributed by atoms with E-state index in [0.29, 0.717) is 18.4 Å². The first-order valence-electron chi connectivity index (χ1n) is 13.8. The molecule has 0 radical (unpaired) electrons. The minimum absolute atomic E-state index is 0.0306. The summed E-state index contributed by atoms with van der Waals surface area (Å²) in [6, 6.07) is 8.66. The minimum Gasteiger partial charge on any atom is -0.468 e. The number of esters is 3. The van der Waals surface area contributed by atoms with Crippen LogP contribution in [0.15, 0.2) is 30.3 Å². The van der Waals surface area contributed by atoms with Gasteiger partial charge in [-0.25, -0.2) is 4.79 Å². The Labute approximate surface area is 218 Å². The highest BCUT2D eigenvalue weighted by atomic mass is 16.6. The predicted octanol–water partition coefficient (Wildman–Crippen LogP) is 4.76. The third kappa shape index (κ3) is 3.91. The van der Waals surface area contributed by atoms with Crippen molar-refractivity contribution in [1.82, 2.24) is 0 Å². The quantitative estimate of drug-likeness (QED) is 0.254. The zero-order valence-corrected chi connectivity index (χ0v) is 22.2. The SMILES string of the molecule is CCCCCCCC(=O)O[C@@H]1[C@@H]2[C@H](C[C@@]1(C)C(=O)OC)C1C3C(=O)[C@@H](OC(=O)c4ccccc4)[C@]2(C)[C@H]31. The van der Waals surface area contributed by atoms with Crippen LogP contribution in [0.2, 0.25) is 0 Å². The molecule has 0 aromatic heterocycles. The van der Waals surface area contributed by atoms with Crippen LogP contribution >= 0.6 is 0 Å². The fourth-order valence-electron chi connectivity index (χ4n) is 8.25. The van der Waals surface area contributed by atoms with E-state index in [0.717, 1.165) is 32.1 Å². The number of methoxy groups -OCH3 is 1. The van der Waals surface area contributed by atoms with E-state index >= 15 is 0 Å². The molecular formula is C30H38O7. The molecule has 7 heteroatoms. The lowest BCUT2D eigenvalue weighted by Crippen LogP contribution is -2.50. The fraction of sp³-hybridized carbons (Fsp3) is 0.667. The smallest absolute Gasteiger partial charge is 0.338 e. The molecule has 9 atom stereocenters. The second-order valence-corrected chi connectivity index (χ2v) is 11.9. The van der Waals surface area contributed by atoms with Gasteiger partial charge in [-0.05, 0) is 49.7 Å². The van der Waals surface area contributed by atoms with Crippen molar-refractivity contribution < 1.29 is 33.4 Å². The normalized spacial score (nSPS) is 38.6. The summed E-state index contributed by atoms with van der Waals surface area (Å²) >= 11 is 0. The van der Waals surface area contributed by atoms with Crippen LogP contribution in [0.3, 0.4) is 0 Å². The number of hydrogen-bond donors (Lipinski definition) is 0. The summed E-state index contributed by atoms with van der Waals surface area (Å²) in [4.78, 5) is 52.5. The lowest BCUT2D eigenvalue weighted by atomic mass is 9.69. The van der Waals surface area contributed by atoms with Crippen LogP contribution in [0.5, 0.6) is 0 Å². The highest BCUT2D eigenvalue weighted by molar-refractivity contribution is 5.98. The molecule has 200 valence electrons. The molecule has 37 heavy (non-hydrogen) atoms. The number of Topliss-reactive ketones (excluding diaryl/α,β-unsaturated/α-hetero) is 1. The number of carbonyl (C=O) groups excluding carboxylic acids is 4. The van der Waals surface area contributed by atoms with Crippen LogP contribution in [0.4, 0.5) is 0 Å². The summed E-state index contributed by atoms with van der Waals surface area (Å²) in [6.07, 6.45) is 4.21. The fourth-order valence-corrected chi connectivity index (χ4v) is 8.25. The largest absolute Gasteiger partial charge is 0.468 e. The molecule has 1 aromatic carbocycles. The van der Waals surface area contributed by atoms with Gasteiger partial charge in [-0.3, -0.25) is 14.4 Å². The second kappa shape index (κ2) is 9.55. The van der Waals surface area contributed by atoms with Crippen LogP contribution in [0.25, 0.3) is 0 Å². The van der Waals surface area contributed by atoms with E-state index in [1.54, 1.807) is 24.3 Å². The van der Waals surface area contributed by atoms with Gasteiger partial charge in [0.1, 0.15) is 11.5 Å². The van der Waals surface area contributed by atoms with Crippen LogP contribution in [0, 0.1) is 40.4 Å². The Morgan fingerprint density at radius 3 is 2.35 bits per heavy atom. The topological polar surface area (TPSA) is 96.0 Å². The maximum Gasteiger partial charge on any atom is 0.338 e. The molecule has 0 bridgehead atoms.